The number of hydrogen-bond donors (Lipinski definition) is 1. The summed E-state index contributed by atoms with van der Waals surface area (Å²) in [5.74, 6) is 2.85. The van der Waals surface area contributed by atoms with Crippen LogP contribution in [0.1, 0.15) is 55.2 Å². The molecule has 124 valence electrons. The van der Waals surface area contributed by atoms with Gasteiger partial charge in [-0.3, -0.25) is 0 Å². The van der Waals surface area contributed by atoms with Gasteiger partial charge in [-0.05, 0) is 44.0 Å². The van der Waals surface area contributed by atoms with Crippen molar-refractivity contribution in [3.8, 4) is 5.75 Å². The molecule has 1 aromatic carbocycles. The van der Waals surface area contributed by atoms with Crippen molar-refractivity contribution in [3.05, 3.63) is 59.6 Å². The summed E-state index contributed by atoms with van der Waals surface area (Å²) in [5.41, 5.74) is 5.61. The van der Waals surface area contributed by atoms with E-state index >= 15 is 0 Å². The molecule has 5 rings (SSSR count). The van der Waals surface area contributed by atoms with Crippen molar-refractivity contribution in [1.82, 2.24) is 10.4 Å². The quantitative estimate of drug-likeness (QED) is 0.836. The van der Waals surface area contributed by atoms with Crippen molar-refractivity contribution in [2.45, 2.75) is 50.8 Å². The molecule has 1 saturated carbocycles. The van der Waals surface area contributed by atoms with Gasteiger partial charge in [-0.25, -0.2) is 0 Å². The van der Waals surface area contributed by atoms with Crippen LogP contribution in [0.25, 0.3) is 5.70 Å². The van der Waals surface area contributed by atoms with Crippen LogP contribution in [0.2, 0.25) is 0 Å². The first-order valence-corrected chi connectivity index (χ1v) is 8.88. The summed E-state index contributed by atoms with van der Waals surface area (Å²) in [4.78, 5) is 0. The van der Waals surface area contributed by atoms with E-state index in [2.05, 4.69) is 40.8 Å². The monoisotopic (exact) mass is 322 g/mol. The minimum atomic E-state index is -0.253. The minimum Gasteiger partial charge on any atom is -0.471 e. The number of ether oxygens (including phenoxy) is 1. The predicted octanol–water partition coefficient (Wildman–Crippen LogP) is 4.54. The van der Waals surface area contributed by atoms with Gasteiger partial charge in [-0.2, -0.15) is 5.01 Å². The van der Waals surface area contributed by atoms with Gasteiger partial charge in [-0.15, -0.1) is 0 Å². The molecule has 1 N–H and O–H groups in total. The number of hydrazine groups is 1. The van der Waals surface area contributed by atoms with Crippen LogP contribution in [0.4, 0.5) is 0 Å². The molecule has 1 aromatic heterocycles. The molecule has 24 heavy (non-hydrogen) atoms. The molecule has 1 fully saturated rings. The van der Waals surface area contributed by atoms with E-state index in [1.54, 1.807) is 0 Å². The first-order chi connectivity index (χ1) is 11.8. The van der Waals surface area contributed by atoms with Gasteiger partial charge in [0, 0.05) is 18.4 Å². The lowest BCUT2D eigenvalue weighted by atomic mass is 9.87. The van der Waals surface area contributed by atoms with Gasteiger partial charge < -0.3 is 14.6 Å². The molecule has 1 aliphatic carbocycles. The Labute approximate surface area is 142 Å². The molecular formula is C20H22N2O2. The van der Waals surface area contributed by atoms with Crippen LogP contribution in [-0.4, -0.2) is 10.7 Å². The van der Waals surface area contributed by atoms with Crippen LogP contribution in [0.3, 0.4) is 0 Å². The largest absolute Gasteiger partial charge is 0.471 e. The van der Waals surface area contributed by atoms with Crippen LogP contribution in [0.5, 0.6) is 5.75 Å². The number of fused-ring (bicyclic) bond motifs is 4. The Balaban J connectivity index is 1.60. The fraction of sp³-hybridized carbons (Fsp3) is 0.400. The van der Waals surface area contributed by atoms with E-state index in [0.717, 1.165) is 35.8 Å². The maximum Gasteiger partial charge on any atom is 0.180 e. The van der Waals surface area contributed by atoms with Gasteiger partial charge in [0.1, 0.15) is 11.5 Å². The summed E-state index contributed by atoms with van der Waals surface area (Å²) in [5, 5.41) is 2.32. The maximum atomic E-state index is 6.56. The Hall–Kier alpha value is -2.20. The fourth-order valence-electron chi connectivity index (χ4n) is 4.29. The molecule has 2 aromatic rings. The average Bonchev–Trinajstić information content (AvgIpc) is 3.23. The van der Waals surface area contributed by atoms with E-state index in [-0.39, 0.29) is 11.8 Å². The third-order valence-electron chi connectivity index (χ3n) is 5.46. The number of para-hydroxylation sites is 1. The second kappa shape index (κ2) is 5.15. The first-order valence-electron chi connectivity index (χ1n) is 8.88. The summed E-state index contributed by atoms with van der Waals surface area (Å²) < 4.78 is 12.4. The Morgan fingerprint density at radius 3 is 2.71 bits per heavy atom. The van der Waals surface area contributed by atoms with Crippen LogP contribution in [0.15, 0.2) is 46.9 Å². The molecule has 4 heteroatoms. The maximum absolute atomic E-state index is 6.56. The Morgan fingerprint density at radius 1 is 1.08 bits per heavy atom. The molecule has 0 saturated heterocycles. The standard InChI is InChI=1S/C20H22N2O2/c1-14-9-10-19(23-14)16-13-17-15-7-3-4-8-18(15)24-20(22(17)21-16)11-5-2-6-12-20/h3-4,7-10,13,17,21H,2,5-6,11-12H2,1H3. The molecule has 1 spiro atoms. The zero-order valence-electron chi connectivity index (χ0n) is 13.9. The van der Waals surface area contributed by atoms with Gasteiger partial charge in [0.25, 0.3) is 0 Å². The van der Waals surface area contributed by atoms with E-state index in [1.807, 2.05) is 19.1 Å². The highest BCUT2D eigenvalue weighted by atomic mass is 16.5. The third-order valence-corrected chi connectivity index (χ3v) is 5.46. The fourth-order valence-corrected chi connectivity index (χ4v) is 4.29. The van der Waals surface area contributed by atoms with E-state index < -0.39 is 0 Å². The smallest absolute Gasteiger partial charge is 0.180 e. The molecule has 3 heterocycles. The van der Waals surface area contributed by atoms with Crippen LogP contribution < -0.4 is 10.2 Å². The topological polar surface area (TPSA) is 37.6 Å². The summed E-state index contributed by atoms with van der Waals surface area (Å²) in [6, 6.07) is 12.6. The molecular weight excluding hydrogens is 300 g/mol. The lowest BCUT2D eigenvalue weighted by Crippen LogP contribution is -2.60. The average molecular weight is 322 g/mol. The summed E-state index contributed by atoms with van der Waals surface area (Å²) in [6.45, 7) is 1.98. The summed E-state index contributed by atoms with van der Waals surface area (Å²) in [6.07, 6.45) is 8.11. The molecule has 0 bridgehead atoms. The van der Waals surface area contributed by atoms with Crippen LogP contribution in [0, 0.1) is 6.92 Å². The predicted molar refractivity (Wildman–Crippen MR) is 92.0 cm³/mol. The minimum absolute atomic E-state index is 0.188. The van der Waals surface area contributed by atoms with Crippen molar-refractivity contribution >= 4 is 5.70 Å². The summed E-state index contributed by atoms with van der Waals surface area (Å²) in [7, 11) is 0. The van der Waals surface area contributed by atoms with Gasteiger partial charge in [0.2, 0.25) is 0 Å². The molecule has 0 radical (unpaired) electrons. The van der Waals surface area contributed by atoms with Crippen LogP contribution >= 0.6 is 0 Å². The van der Waals surface area contributed by atoms with Crippen molar-refractivity contribution in [1.29, 1.82) is 0 Å². The summed E-state index contributed by atoms with van der Waals surface area (Å²) >= 11 is 0. The number of rotatable bonds is 1. The van der Waals surface area contributed by atoms with Gasteiger partial charge >= 0.3 is 0 Å². The van der Waals surface area contributed by atoms with E-state index in [4.69, 9.17) is 9.15 Å². The Kier molecular flexibility index (Phi) is 3.04. The number of aryl methyl sites for hydroxylation is 1. The van der Waals surface area contributed by atoms with Crippen molar-refractivity contribution < 1.29 is 9.15 Å². The molecule has 1 atom stereocenters. The second-order valence-electron chi connectivity index (χ2n) is 7.06. The molecule has 3 aliphatic rings. The zero-order chi connectivity index (χ0) is 16.1. The Morgan fingerprint density at radius 2 is 1.92 bits per heavy atom. The van der Waals surface area contributed by atoms with E-state index in [0.29, 0.717) is 0 Å². The van der Waals surface area contributed by atoms with Crippen molar-refractivity contribution in [2.24, 2.45) is 0 Å². The number of nitrogens with zero attached hydrogens (tertiary/aromatic N) is 1. The van der Waals surface area contributed by atoms with Gasteiger partial charge in [0.15, 0.2) is 11.5 Å². The SMILES string of the molecule is Cc1ccc(C2=CC3c4ccccc4OC4(CCCCC4)N3N2)o1. The normalized spacial score (nSPS) is 24.7. The van der Waals surface area contributed by atoms with E-state index in [9.17, 15) is 0 Å². The lowest BCUT2D eigenvalue weighted by molar-refractivity contribution is -0.150. The zero-order valence-corrected chi connectivity index (χ0v) is 13.9. The highest BCUT2D eigenvalue weighted by Crippen LogP contribution is 2.49. The first kappa shape index (κ1) is 14.2. The lowest BCUT2D eigenvalue weighted by Gasteiger charge is -2.50. The highest BCUT2D eigenvalue weighted by Gasteiger charge is 2.50. The van der Waals surface area contributed by atoms with Gasteiger partial charge in [0.05, 0.1) is 11.7 Å². The Bertz CT molecular complexity index is 801. The number of nitrogens with one attached hydrogen (secondary N) is 1. The number of benzene rings is 1. The number of furan rings is 1. The van der Waals surface area contributed by atoms with Gasteiger partial charge in [-0.1, -0.05) is 24.6 Å². The second-order valence-corrected chi connectivity index (χ2v) is 7.06. The molecule has 2 aliphatic heterocycles. The van der Waals surface area contributed by atoms with Crippen LogP contribution in [-0.2, 0) is 0 Å². The van der Waals surface area contributed by atoms with Crippen molar-refractivity contribution in [2.75, 3.05) is 0 Å². The number of hydrogen-bond acceptors (Lipinski definition) is 4. The van der Waals surface area contributed by atoms with Crippen molar-refractivity contribution in [3.63, 3.8) is 0 Å². The molecule has 1 unspecified atom stereocenters. The highest BCUT2D eigenvalue weighted by molar-refractivity contribution is 5.64. The molecule has 0 amide bonds. The third kappa shape index (κ3) is 2.02. The van der Waals surface area contributed by atoms with E-state index in [1.165, 1.54) is 24.8 Å². The molecule has 4 nitrogen and oxygen atoms in total.